The number of benzene rings is 1. The van der Waals surface area contributed by atoms with Gasteiger partial charge in [0.2, 0.25) is 5.91 Å². The van der Waals surface area contributed by atoms with Crippen molar-refractivity contribution in [3.63, 3.8) is 0 Å². The Hall–Kier alpha value is -2.92. The van der Waals surface area contributed by atoms with Crippen molar-refractivity contribution in [2.24, 2.45) is 5.92 Å². The monoisotopic (exact) mass is 536 g/mol. The molecule has 1 aliphatic carbocycles. The molecule has 9 nitrogen and oxygen atoms in total. The first-order valence-electron chi connectivity index (χ1n) is 12.6. The van der Waals surface area contributed by atoms with Gasteiger partial charge in [0.25, 0.3) is 5.91 Å². The van der Waals surface area contributed by atoms with E-state index in [1.807, 2.05) is 6.07 Å². The number of hydrogen-bond donors (Lipinski definition) is 4. The van der Waals surface area contributed by atoms with Gasteiger partial charge in [0, 0.05) is 6.54 Å². The zero-order valence-electron chi connectivity index (χ0n) is 20.9. The van der Waals surface area contributed by atoms with Crippen LogP contribution in [0.3, 0.4) is 0 Å². The number of alkyl halides is 3. The van der Waals surface area contributed by atoms with E-state index in [1.165, 1.54) is 4.90 Å². The lowest BCUT2D eigenvalue weighted by atomic mass is 9.76. The highest BCUT2D eigenvalue weighted by molar-refractivity contribution is 6.43. The second-order valence-corrected chi connectivity index (χ2v) is 9.63. The van der Waals surface area contributed by atoms with Crippen LogP contribution in [0.5, 0.6) is 0 Å². The molecular formula is C25H32BF3N4O5. The fourth-order valence-electron chi connectivity index (χ4n) is 4.26. The molecular weight excluding hydrogens is 504 g/mol. The number of hydrogen-bond acceptors (Lipinski definition) is 7. The van der Waals surface area contributed by atoms with E-state index in [1.54, 1.807) is 36.4 Å². The number of nitrogens with zero attached hydrogens (tertiary/aromatic N) is 2. The fourth-order valence-corrected chi connectivity index (χ4v) is 4.26. The molecule has 1 aromatic carbocycles. The Bertz CT molecular complexity index is 1010. The van der Waals surface area contributed by atoms with E-state index < -0.39 is 50.2 Å². The van der Waals surface area contributed by atoms with Gasteiger partial charge in [-0.15, -0.1) is 0 Å². The number of carbonyl (C=O) groups excluding carboxylic acids is 2. The van der Waals surface area contributed by atoms with E-state index in [0.29, 0.717) is 24.9 Å². The smallest absolute Gasteiger partial charge is 0.426 e. The predicted molar refractivity (Wildman–Crippen MR) is 132 cm³/mol. The van der Waals surface area contributed by atoms with Crippen LogP contribution in [0, 0.1) is 17.2 Å². The van der Waals surface area contributed by atoms with Gasteiger partial charge in [-0.2, -0.15) is 18.4 Å². The van der Waals surface area contributed by atoms with E-state index in [-0.39, 0.29) is 30.6 Å². The van der Waals surface area contributed by atoms with Gasteiger partial charge in [0.15, 0.2) is 0 Å². The molecule has 13 heteroatoms. The lowest BCUT2D eigenvalue weighted by molar-refractivity contribution is -0.135. The molecule has 4 N–H and O–H groups in total. The van der Waals surface area contributed by atoms with Crippen LogP contribution >= 0.6 is 0 Å². The zero-order chi connectivity index (χ0) is 27.7. The number of nitriles is 1. The molecule has 38 heavy (non-hydrogen) atoms. The third-order valence-corrected chi connectivity index (χ3v) is 6.46. The highest BCUT2D eigenvalue weighted by Crippen LogP contribution is 2.32. The summed E-state index contributed by atoms with van der Waals surface area (Å²) in [4.78, 5) is 27.2. The Labute approximate surface area is 219 Å². The molecule has 1 saturated heterocycles. The Balaban J connectivity index is 1.60. The van der Waals surface area contributed by atoms with Gasteiger partial charge in [-0.25, -0.2) is 0 Å². The molecule has 2 amide bonds. The zero-order valence-corrected chi connectivity index (χ0v) is 20.9. The van der Waals surface area contributed by atoms with Crippen molar-refractivity contribution < 1.29 is 37.5 Å². The summed E-state index contributed by atoms with van der Waals surface area (Å²) in [6.07, 6.45) is 0.310. The van der Waals surface area contributed by atoms with Gasteiger partial charge in [-0.3, -0.25) is 14.9 Å². The van der Waals surface area contributed by atoms with Gasteiger partial charge in [0.05, 0.1) is 31.7 Å². The second-order valence-electron chi connectivity index (χ2n) is 9.63. The summed E-state index contributed by atoms with van der Waals surface area (Å²) in [5, 5.41) is 33.4. The number of nitrogens with one attached hydrogen (secondary N) is 2. The molecule has 0 radical (unpaired) electrons. The summed E-state index contributed by atoms with van der Waals surface area (Å²) in [5.41, 5.74) is 0.774. The molecule has 2 fully saturated rings. The Morgan fingerprint density at radius 3 is 2.55 bits per heavy atom. The average molecular weight is 536 g/mol. The minimum atomic E-state index is -4.59. The molecule has 1 aliphatic heterocycles. The number of likely N-dealkylation sites (tertiary alicyclic amines) is 1. The molecule has 2 aliphatic rings. The largest absolute Gasteiger partial charge is 0.475 e. The van der Waals surface area contributed by atoms with Crippen LogP contribution in [-0.4, -0.2) is 84.4 Å². The Morgan fingerprint density at radius 1 is 1.24 bits per heavy atom. The minimum Gasteiger partial charge on any atom is -0.426 e. The maximum atomic E-state index is 12.9. The van der Waals surface area contributed by atoms with Gasteiger partial charge in [0.1, 0.15) is 17.7 Å². The van der Waals surface area contributed by atoms with E-state index >= 15 is 0 Å². The van der Waals surface area contributed by atoms with Crippen LogP contribution in [0.1, 0.15) is 31.2 Å². The predicted octanol–water partition coefficient (Wildman–Crippen LogP) is 1.11. The van der Waals surface area contributed by atoms with Crippen molar-refractivity contribution >= 4 is 18.9 Å². The fraction of sp³-hybridized carbons (Fsp3) is 0.560. The van der Waals surface area contributed by atoms with Crippen molar-refractivity contribution in [1.29, 1.82) is 5.26 Å². The molecule has 0 bridgehead atoms. The molecule has 206 valence electrons. The normalized spacial score (nSPS) is 19.5. The standard InChI is InChI=1S/C25H32BF3N4O5/c27-25(28,29)16-31-21(23(34)32-22(26(36)37)12-17-5-2-1-3-6-17)15-38-14-20-7-4-10-33(20)24(35)19(13-30)11-18-8-9-18/h1-3,5-6,11,18,20-22,31,36-37H,4,7-10,12,14-16H2,(H,32,34)/t20-,21+,22+/m1/s1. The number of amides is 2. The van der Waals surface area contributed by atoms with E-state index in [2.05, 4.69) is 10.6 Å². The van der Waals surface area contributed by atoms with Gasteiger partial charge < -0.3 is 25.0 Å². The first-order valence-corrected chi connectivity index (χ1v) is 12.6. The Kier molecular flexibility index (Phi) is 10.7. The lowest BCUT2D eigenvalue weighted by Crippen LogP contribution is -2.56. The molecule has 0 aromatic heterocycles. The first kappa shape index (κ1) is 29.6. The maximum absolute atomic E-state index is 12.9. The van der Waals surface area contributed by atoms with Crippen LogP contribution in [0.15, 0.2) is 42.0 Å². The van der Waals surface area contributed by atoms with Crippen LogP contribution in [0.25, 0.3) is 0 Å². The highest BCUT2D eigenvalue weighted by Gasteiger charge is 2.35. The minimum absolute atomic E-state index is 0.0264. The lowest BCUT2D eigenvalue weighted by Gasteiger charge is -2.26. The number of ether oxygens (including phenoxy) is 1. The van der Waals surface area contributed by atoms with Crippen LogP contribution in [-0.2, 0) is 20.7 Å². The van der Waals surface area contributed by atoms with Crippen LogP contribution in [0.2, 0.25) is 0 Å². The maximum Gasteiger partial charge on any atom is 0.475 e. The van der Waals surface area contributed by atoms with Crippen LogP contribution < -0.4 is 10.6 Å². The van der Waals surface area contributed by atoms with Gasteiger partial charge in [-0.1, -0.05) is 36.4 Å². The first-order chi connectivity index (χ1) is 18.1. The number of halogens is 3. The summed E-state index contributed by atoms with van der Waals surface area (Å²) in [5.74, 6) is -2.20. The third kappa shape index (κ3) is 9.43. The summed E-state index contributed by atoms with van der Waals surface area (Å²) in [7, 11) is -1.94. The highest BCUT2D eigenvalue weighted by atomic mass is 19.4. The summed E-state index contributed by atoms with van der Waals surface area (Å²) >= 11 is 0. The van der Waals surface area contributed by atoms with Crippen molar-refractivity contribution in [1.82, 2.24) is 15.5 Å². The third-order valence-electron chi connectivity index (χ3n) is 6.46. The van der Waals surface area contributed by atoms with Crippen molar-refractivity contribution in [3.8, 4) is 6.07 Å². The molecule has 0 unspecified atom stereocenters. The molecule has 1 aromatic rings. The van der Waals surface area contributed by atoms with E-state index in [9.17, 15) is 38.1 Å². The van der Waals surface area contributed by atoms with Crippen molar-refractivity contribution in [2.45, 2.75) is 56.3 Å². The average Bonchev–Trinajstić information content (AvgIpc) is 3.58. The SMILES string of the molecule is N#CC(=CC1CC1)C(=O)N1CCC[C@@H]1COC[C@H](NCC(F)(F)F)C(=O)N[C@@H](Cc1ccccc1)B(O)O. The van der Waals surface area contributed by atoms with Crippen LogP contribution in [0.4, 0.5) is 13.2 Å². The van der Waals surface area contributed by atoms with Gasteiger partial charge >= 0.3 is 13.3 Å². The molecule has 3 atom stereocenters. The topological polar surface area (TPSA) is 135 Å². The quantitative estimate of drug-likeness (QED) is 0.169. The summed E-state index contributed by atoms with van der Waals surface area (Å²) < 4.78 is 44.2. The second kappa shape index (κ2) is 13.8. The summed E-state index contributed by atoms with van der Waals surface area (Å²) in [6.45, 7) is -1.49. The van der Waals surface area contributed by atoms with Crippen molar-refractivity contribution in [2.75, 3.05) is 26.3 Å². The number of rotatable bonds is 13. The molecule has 1 heterocycles. The van der Waals surface area contributed by atoms with E-state index in [0.717, 1.165) is 12.8 Å². The number of carbonyl (C=O) groups is 2. The van der Waals surface area contributed by atoms with E-state index in [4.69, 9.17) is 4.74 Å². The molecule has 0 spiro atoms. The molecule has 1 saturated carbocycles. The van der Waals surface area contributed by atoms with Crippen molar-refractivity contribution in [3.05, 3.63) is 47.5 Å². The summed E-state index contributed by atoms with van der Waals surface area (Å²) in [6, 6.07) is 8.81. The van der Waals surface area contributed by atoms with Gasteiger partial charge in [-0.05, 0) is 43.6 Å². The molecule has 3 rings (SSSR count). The number of allylic oxidation sites excluding steroid dienone is 1. The Morgan fingerprint density at radius 2 is 1.95 bits per heavy atom.